The van der Waals surface area contributed by atoms with Crippen LogP contribution in [-0.2, 0) is 4.79 Å². The van der Waals surface area contributed by atoms with Gasteiger partial charge in [0.05, 0.1) is 0 Å². The Balaban J connectivity index is 2.14. The molecule has 1 N–H and O–H groups in total. The number of fused-ring (bicyclic) bond motifs is 2. The average Bonchev–Trinajstić information content (AvgIpc) is 2.17. The zero-order valence-electron chi connectivity index (χ0n) is 8.86. The van der Waals surface area contributed by atoms with Gasteiger partial charge in [0.1, 0.15) is 5.60 Å². The van der Waals surface area contributed by atoms with Crippen molar-refractivity contribution in [2.75, 3.05) is 0 Å². The van der Waals surface area contributed by atoms with Gasteiger partial charge in [-0.25, -0.2) is 0 Å². The van der Waals surface area contributed by atoms with Crippen molar-refractivity contribution in [2.24, 2.45) is 17.8 Å². The number of hydrogen-bond donors (Lipinski definition) is 1. The van der Waals surface area contributed by atoms with Crippen molar-refractivity contribution in [3.8, 4) is 0 Å². The lowest BCUT2D eigenvalue weighted by molar-refractivity contribution is -0.141. The molecule has 3 rings (SSSR count). The zero-order chi connectivity index (χ0) is 10.3. The van der Waals surface area contributed by atoms with Crippen LogP contribution in [0.4, 0.5) is 0 Å². The summed E-state index contributed by atoms with van der Waals surface area (Å²) in [6.45, 7) is 3.20. The van der Waals surface area contributed by atoms with Crippen molar-refractivity contribution in [2.45, 2.75) is 38.7 Å². The summed E-state index contributed by atoms with van der Waals surface area (Å²) in [4.78, 5) is 11.9. The van der Waals surface area contributed by atoms with Crippen LogP contribution in [0.1, 0.15) is 33.1 Å². The second kappa shape index (κ2) is 3.20. The quantitative estimate of drug-likeness (QED) is 0.682. The van der Waals surface area contributed by atoms with Crippen molar-refractivity contribution >= 4 is 5.78 Å². The van der Waals surface area contributed by atoms with Crippen LogP contribution >= 0.6 is 0 Å². The predicted octanol–water partition coefficient (Wildman–Crippen LogP) is 1.93. The van der Waals surface area contributed by atoms with Crippen molar-refractivity contribution in [1.82, 2.24) is 0 Å². The zero-order valence-corrected chi connectivity index (χ0v) is 8.86. The molecule has 1 saturated carbocycles. The van der Waals surface area contributed by atoms with E-state index in [0.717, 1.165) is 12.8 Å². The number of hydrogen-bond acceptors (Lipinski definition) is 2. The molecule has 0 aromatic carbocycles. The van der Waals surface area contributed by atoms with E-state index >= 15 is 0 Å². The summed E-state index contributed by atoms with van der Waals surface area (Å²) in [5.74, 6) is 1.06. The first-order chi connectivity index (χ1) is 6.48. The SMILES string of the molecule is CC(C)(O)C(=O)[C@H]1C[C@H]2C=C[C@@H]1CC2. The maximum atomic E-state index is 11.9. The van der Waals surface area contributed by atoms with E-state index in [-0.39, 0.29) is 11.7 Å². The summed E-state index contributed by atoms with van der Waals surface area (Å²) >= 11 is 0. The molecule has 78 valence electrons. The minimum atomic E-state index is -1.16. The third kappa shape index (κ3) is 1.63. The number of Topliss-reactive ketones (excluding diaryl/α,β-unsaturated/α-hetero) is 1. The lowest BCUT2D eigenvalue weighted by Gasteiger charge is -2.39. The van der Waals surface area contributed by atoms with Crippen LogP contribution in [0, 0.1) is 17.8 Å². The first kappa shape index (κ1) is 9.91. The van der Waals surface area contributed by atoms with Gasteiger partial charge < -0.3 is 5.11 Å². The number of aliphatic hydroxyl groups is 1. The summed E-state index contributed by atoms with van der Waals surface area (Å²) < 4.78 is 0. The van der Waals surface area contributed by atoms with Gasteiger partial charge in [-0.05, 0) is 44.9 Å². The predicted molar refractivity (Wildman–Crippen MR) is 54.8 cm³/mol. The normalized spacial score (nSPS) is 36.1. The van der Waals surface area contributed by atoms with Crippen molar-refractivity contribution in [3.05, 3.63) is 12.2 Å². The smallest absolute Gasteiger partial charge is 0.167 e. The van der Waals surface area contributed by atoms with Gasteiger partial charge >= 0.3 is 0 Å². The Morgan fingerprint density at radius 1 is 1.36 bits per heavy atom. The average molecular weight is 194 g/mol. The first-order valence-corrected chi connectivity index (χ1v) is 5.43. The third-order valence-electron chi connectivity index (χ3n) is 3.51. The highest BCUT2D eigenvalue weighted by Crippen LogP contribution is 2.42. The minimum Gasteiger partial charge on any atom is -0.383 e. The van der Waals surface area contributed by atoms with Gasteiger partial charge in [0.25, 0.3) is 0 Å². The van der Waals surface area contributed by atoms with E-state index in [4.69, 9.17) is 0 Å². The molecule has 3 aliphatic rings. The van der Waals surface area contributed by atoms with Crippen LogP contribution in [0.5, 0.6) is 0 Å². The molecule has 0 aromatic rings. The van der Waals surface area contributed by atoms with Gasteiger partial charge in [-0.15, -0.1) is 0 Å². The van der Waals surface area contributed by atoms with Gasteiger partial charge in [0.2, 0.25) is 0 Å². The van der Waals surface area contributed by atoms with Crippen molar-refractivity contribution < 1.29 is 9.90 Å². The molecule has 0 saturated heterocycles. The highest BCUT2D eigenvalue weighted by Gasteiger charge is 2.40. The summed E-state index contributed by atoms with van der Waals surface area (Å²) in [7, 11) is 0. The van der Waals surface area contributed by atoms with Crippen LogP contribution in [0.15, 0.2) is 12.2 Å². The molecule has 2 bridgehead atoms. The summed E-state index contributed by atoms with van der Waals surface area (Å²) in [6, 6.07) is 0. The molecule has 2 heteroatoms. The lowest BCUT2D eigenvalue weighted by Crippen LogP contribution is -2.43. The second-order valence-corrected chi connectivity index (χ2v) is 5.15. The van der Waals surface area contributed by atoms with Gasteiger partial charge in [0.15, 0.2) is 5.78 Å². The highest BCUT2D eigenvalue weighted by atomic mass is 16.3. The fourth-order valence-electron chi connectivity index (χ4n) is 2.69. The van der Waals surface area contributed by atoms with Gasteiger partial charge in [-0.3, -0.25) is 4.79 Å². The molecule has 1 fully saturated rings. The molecular formula is C12H18O2. The number of carbonyl (C=O) groups excluding carboxylic acids is 1. The van der Waals surface area contributed by atoms with Crippen LogP contribution < -0.4 is 0 Å². The molecule has 0 spiro atoms. The molecule has 14 heavy (non-hydrogen) atoms. The third-order valence-corrected chi connectivity index (χ3v) is 3.51. The molecule has 0 aliphatic heterocycles. The highest BCUT2D eigenvalue weighted by molar-refractivity contribution is 5.89. The van der Waals surface area contributed by atoms with E-state index in [9.17, 15) is 9.90 Å². The molecule has 0 unspecified atom stereocenters. The Kier molecular flexibility index (Phi) is 2.26. The second-order valence-electron chi connectivity index (χ2n) is 5.15. The maximum Gasteiger partial charge on any atom is 0.167 e. The lowest BCUT2D eigenvalue weighted by atomic mass is 9.66. The fraction of sp³-hybridized carbons (Fsp3) is 0.750. The molecule has 0 amide bonds. The number of carbonyl (C=O) groups is 1. The first-order valence-electron chi connectivity index (χ1n) is 5.43. The monoisotopic (exact) mass is 194 g/mol. The van der Waals surface area contributed by atoms with E-state index in [0.29, 0.717) is 11.8 Å². The molecule has 0 radical (unpaired) electrons. The maximum absolute atomic E-state index is 11.9. The standard InChI is InChI=1S/C12H18O2/c1-12(2,14)11(13)10-7-8-3-5-9(10)6-4-8/h3,5,8-10,14H,4,6-7H2,1-2H3/t8-,9+,10-/m0/s1. The van der Waals surface area contributed by atoms with E-state index < -0.39 is 5.60 Å². The van der Waals surface area contributed by atoms with Crippen LogP contribution in [-0.4, -0.2) is 16.5 Å². The topological polar surface area (TPSA) is 37.3 Å². The minimum absolute atomic E-state index is 0.0246. The molecular weight excluding hydrogens is 176 g/mol. The number of ketones is 1. The van der Waals surface area contributed by atoms with Gasteiger partial charge in [-0.2, -0.15) is 0 Å². The Hall–Kier alpha value is -0.630. The van der Waals surface area contributed by atoms with E-state index in [1.807, 2.05) is 0 Å². The Morgan fingerprint density at radius 2 is 2.07 bits per heavy atom. The van der Waals surface area contributed by atoms with Gasteiger partial charge in [-0.1, -0.05) is 12.2 Å². The molecule has 0 aromatic heterocycles. The Bertz CT molecular complexity index is 273. The Labute approximate surface area is 85.0 Å². The van der Waals surface area contributed by atoms with E-state index in [1.165, 1.54) is 6.42 Å². The molecule has 3 atom stereocenters. The largest absolute Gasteiger partial charge is 0.383 e. The van der Waals surface area contributed by atoms with E-state index in [2.05, 4.69) is 12.2 Å². The summed E-state index contributed by atoms with van der Waals surface area (Å²) in [5.41, 5.74) is -1.16. The fourth-order valence-corrected chi connectivity index (χ4v) is 2.69. The Morgan fingerprint density at radius 3 is 2.43 bits per heavy atom. The molecule has 2 nitrogen and oxygen atoms in total. The summed E-state index contributed by atoms with van der Waals surface area (Å²) in [6.07, 6.45) is 7.70. The number of allylic oxidation sites excluding steroid dienone is 2. The van der Waals surface area contributed by atoms with Crippen LogP contribution in [0.3, 0.4) is 0 Å². The van der Waals surface area contributed by atoms with Gasteiger partial charge in [0, 0.05) is 5.92 Å². The molecule has 3 aliphatic carbocycles. The number of rotatable bonds is 2. The van der Waals surface area contributed by atoms with Crippen LogP contribution in [0.2, 0.25) is 0 Å². The van der Waals surface area contributed by atoms with E-state index in [1.54, 1.807) is 13.8 Å². The van der Waals surface area contributed by atoms with Crippen LogP contribution in [0.25, 0.3) is 0 Å². The van der Waals surface area contributed by atoms with Crippen molar-refractivity contribution in [3.63, 3.8) is 0 Å². The molecule has 0 heterocycles. The summed E-state index contributed by atoms with van der Waals surface area (Å²) in [5, 5.41) is 9.69. The van der Waals surface area contributed by atoms with Crippen molar-refractivity contribution in [1.29, 1.82) is 0 Å².